The molecular formula is C24H19NO6. The number of terminal acetylenes is 1. The molecule has 2 aliphatic rings. The molecule has 0 aliphatic carbocycles. The molecule has 7 nitrogen and oxygen atoms in total. The van der Waals surface area contributed by atoms with Crippen molar-refractivity contribution < 1.29 is 28.6 Å². The number of esters is 2. The molecule has 0 saturated heterocycles. The standard InChI is InChI=1S/C24H19NO6/c1-4-14-25-17-13-9-8-12-16(17)24(23(25)28)19(22(27)30-3)18(21(26)29-2)20(31-24)15-10-6-5-7-11-15/h1,5-13,20H,14H2,2-3H3/t20-,24+/m0/s1. The molecule has 2 aromatic carbocycles. The third-order valence-electron chi connectivity index (χ3n) is 5.45. The van der Waals surface area contributed by atoms with Crippen molar-refractivity contribution in [3.05, 3.63) is 76.9 Å². The van der Waals surface area contributed by atoms with Crippen LogP contribution in [0.15, 0.2) is 65.7 Å². The first-order valence-corrected chi connectivity index (χ1v) is 9.50. The zero-order valence-electron chi connectivity index (χ0n) is 17.0. The van der Waals surface area contributed by atoms with Crippen LogP contribution in [0.3, 0.4) is 0 Å². The summed E-state index contributed by atoms with van der Waals surface area (Å²) in [5, 5.41) is 0. The number of carbonyl (C=O) groups excluding carboxylic acids is 3. The second-order valence-electron chi connectivity index (χ2n) is 6.97. The highest BCUT2D eigenvalue weighted by atomic mass is 16.6. The molecule has 2 heterocycles. The highest BCUT2D eigenvalue weighted by molar-refractivity contribution is 6.17. The molecule has 0 N–H and O–H groups in total. The number of hydrogen-bond donors (Lipinski definition) is 0. The van der Waals surface area contributed by atoms with Crippen LogP contribution in [-0.4, -0.2) is 38.6 Å². The van der Waals surface area contributed by atoms with E-state index < -0.39 is 29.6 Å². The van der Waals surface area contributed by atoms with Crippen molar-refractivity contribution in [1.82, 2.24) is 0 Å². The average Bonchev–Trinajstić information content (AvgIpc) is 3.29. The Kier molecular flexibility index (Phi) is 5.09. The molecule has 1 spiro atoms. The van der Waals surface area contributed by atoms with Gasteiger partial charge < -0.3 is 14.2 Å². The van der Waals surface area contributed by atoms with E-state index in [1.165, 1.54) is 19.1 Å². The number of methoxy groups -OCH3 is 2. The van der Waals surface area contributed by atoms with Crippen LogP contribution in [0.4, 0.5) is 5.69 Å². The first-order valence-electron chi connectivity index (χ1n) is 9.50. The first-order chi connectivity index (χ1) is 15.0. The van der Waals surface area contributed by atoms with Gasteiger partial charge in [0.2, 0.25) is 5.60 Å². The maximum Gasteiger partial charge on any atom is 0.338 e. The van der Waals surface area contributed by atoms with Gasteiger partial charge in [-0.2, -0.15) is 0 Å². The molecule has 2 aliphatic heterocycles. The van der Waals surface area contributed by atoms with E-state index in [4.69, 9.17) is 20.6 Å². The Labute approximate surface area is 179 Å². The van der Waals surface area contributed by atoms with Crippen molar-refractivity contribution >= 4 is 23.5 Å². The molecule has 0 radical (unpaired) electrons. The van der Waals surface area contributed by atoms with Gasteiger partial charge >= 0.3 is 11.9 Å². The van der Waals surface area contributed by atoms with Gasteiger partial charge in [0.05, 0.1) is 37.6 Å². The average molecular weight is 417 g/mol. The maximum atomic E-state index is 13.8. The molecule has 2 aromatic rings. The molecule has 0 saturated carbocycles. The lowest BCUT2D eigenvalue weighted by Gasteiger charge is -2.26. The predicted octanol–water partition coefficient (Wildman–Crippen LogP) is 2.28. The molecule has 2 atom stereocenters. The number of ether oxygens (including phenoxy) is 3. The minimum Gasteiger partial charge on any atom is -0.466 e. The van der Waals surface area contributed by atoms with E-state index in [0.29, 0.717) is 16.8 Å². The summed E-state index contributed by atoms with van der Waals surface area (Å²) >= 11 is 0. The highest BCUT2D eigenvalue weighted by Gasteiger charge is 2.64. The summed E-state index contributed by atoms with van der Waals surface area (Å²) in [6.07, 6.45) is 4.47. The Hall–Kier alpha value is -3.89. The SMILES string of the molecule is C#CCN1C(=O)[C@@]2(O[C@@H](c3ccccc3)C(C(=O)OC)=C2C(=O)OC)c2ccccc21. The van der Waals surface area contributed by atoms with Crippen LogP contribution < -0.4 is 4.90 Å². The zero-order valence-corrected chi connectivity index (χ0v) is 17.0. The molecular weight excluding hydrogens is 398 g/mol. The Morgan fingerprint density at radius 1 is 1.06 bits per heavy atom. The van der Waals surface area contributed by atoms with Gasteiger partial charge in [-0.15, -0.1) is 6.42 Å². The van der Waals surface area contributed by atoms with E-state index in [9.17, 15) is 14.4 Å². The minimum atomic E-state index is -1.88. The Morgan fingerprint density at radius 2 is 1.71 bits per heavy atom. The lowest BCUT2D eigenvalue weighted by molar-refractivity contribution is -0.148. The monoisotopic (exact) mass is 417 g/mol. The first kappa shape index (κ1) is 20.4. The van der Waals surface area contributed by atoms with Crippen molar-refractivity contribution in [3.63, 3.8) is 0 Å². The number of fused-ring (bicyclic) bond motifs is 2. The van der Waals surface area contributed by atoms with Crippen LogP contribution in [0.1, 0.15) is 17.2 Å². The maximum absolute atomic E-state index is 13.8. The van der Waals surface area contributed by atoms with Crippen LogP contribution >= 0.6 is 0 Å². The quantitative estimate of drug-likeness (QED) is 0.561. The number of nitrogens with zero attached hydrogens (tertiary/aromatic N) is 1. The van der Waals surface area contributed by atoms with E-state index in [1.807, 2.05) is 6.07 Å². The fraction of sp³-hybridized carbons (Fsp3) is 0.208. The zero-order chi connectivity index (χ0) is 22.2. The highest BCUT2D eigenvalue weighted by Crippen LogP contribution is 2.56. The third-order valence-corrected chi connectivity index (χ3v) is 5.45. The van der Waals surface area contributed by atoms with Crippen molar-refractivity contribution in [3.8, 4) is 12.3 Å². The Bertz CT molecular complexity index is 1150. The van der Waals surface area contributed by atoms with Crippen LogP contribution in [0.2, 0.25) is 0 Å². The molecule has 0 unspecified atom stereocenters. The Morgan fingerprint density at radius 3 is 2.35 bits per heavy atom. The summed E-state index contributed by atoms with van der Waals surface area (Å²) < 4.78 is 16.3. The normalized spacial score (nSPS) is 21.8. The van der Waals surface area contributed by atoms with Crippen LogP contribution in [0, 0.1) is 12.3 Å². The summed E-state index contributed by atoms with van der Waals surface area (Å²) in [7, 11) is 2.38. The topological polar surface area (TPSA) is 82.1 Å². The molecule has 1 amide bonds. The molecule has 0 bridgehead atoms. The third kappa shape index (κ3) is 2.84. The van der Waals surface area contributed by atoms with E-state index >= 15 is 0 Å². The lowest BCUT2D eigenvalue weighted by atomic mass is 9.85. The van der Waals surface area contributed by atoms with Crippen molar-refractivity contribution in [2.75, 3.05) is 25.7 Å². The van der Waals surface area contributed by atoms with Gasteiger partial charge in [-0.3, -0.25) is 9.69 Å². The molecule has 31 heavy (non-hydrogen) atoms. The number of carbonyl (C=O) groups is 3. The summed E-state index contributed by atoms with van der Waals surface area (Å²) in [6, 6.07) is 15.7. The van der Waals surface area contributed by atoms with Crippen molar-refractivity contribution in [2.24, 2.45) is 0 Å². The summed E-state index contributed by atoms with van der Waals surface area (Å²) in [5.41, 5.74) is -0.661. The number of amides is 1. The van der Waals surface area contributed by atoms with E-state index in [1.54, 1.807) is 48.5 Å². The van der Waals surface area contributed by atoms with Gasteiger partial charge in [-0.1, -0.05) is 54.5 Å². The predicted molar refractivity (Wildman–Crippen MR) is 111 cm³/mol. The van der Waals surface area contributed by atoms with Gasteiger partial charge in [-0.25, -0.2) is 9.59 Å². The smallest absolute Gasteiger partial charge is 0.338 e. The molecule has 4 rings (SSSR count). The van der Waals surface area contributed by atoms with Gasteiger partial charge in [0.1, 0.15) is 6.10 Å². The molecule has 156 valence electrons. The van der Waals surface area contributed by atoms with Crippen LogP contribution in [0.25, 0.3) is 0 Å². The van der Waals surface area contributed by atoms with Crippen molar-refractivity contribution in [2.45, 2.75) is 11.7 Å². The van der Waals surface area contributed by atoms with E-state index in [0.717, 1.165) is 0 Å². The number of benzene rings is 2. The minimum absolute atomic E-state index is 0.0288. The van der Waals surface area contributed by atoms with Crippen molar-refractivity contribution in [1.29, 1.82) is 0 Å². The largest absolute Gasteiger partial charge is 0.466 e. The Balaban J connectivity index is 2.05. The number of rotatable bonds is 4. The second-order valence-corrected chi connectivity index (χ2v) is 6.97. The van der Waals surface area contributed by atoms with Gasteiger partial charge in [0.25, 0.3) is 5.91 Å². The van der Waals surface area contributed by atoms with Crippen LogP contribution in [-0.2, 0) is 34.2 Å². The second kappa shape index (κ2) is 7.74. The molecule has 0 aromatic heterocycles. The van der Waals surface area contributed by atoms with Gasteiger partial charge in [-0.05, 0) is 11.6 Å². The lowest BCUT2D eigenvalue weighted by Crippen LogP contribution is -2.44. The number of anilines is 1. The number of hydrogen-bond acceptors (Lipinski definition) is 6. The van der Waals surface area contributed by atoms with Crippen LogP contribution in [0.5, 0.6) is 0 Å². The van der Waals surface area contributed by atoms with Gasteiger partial charge in [0.15, 0.2) is 0 Å². The number of para-hydroxylation sites is 1. The molecule has 7 heteroatoms. The molecule has 0 fully saturated rings. The summed E-state index contributed by atoms with van der Waals surface area (Å²) in [6.45, 7) is -0.0288. The summed E-state index contributed by atoms with van der Waals surface area (Å²) in [5.74, 6) is 0.254. The fourth-order valence-corrected chi connectivity index (χ4v) is 4.18. The summed E-state index contributed by atoms with van der Waals surface area (Å²) in [4.78, 5) is 41.0. The van der Waals surface area contributed by atoms with E-state index in [2.05, 4.69) is 5.92 Å². The van der Waals surface area contributed by atoms with Gasteiger partial charge in [0, 0.05) is 5.56 Å². The van der Waals surface area contributed by atoms with E-state index in [-0.39, 0.29) is 17.7 Å². The fourth-order valence-electron chi connectivity index (χ4n) is 4.18.